The Bertz CT molecular complexity index is 1400. The molecule has 11 heteroatoms. The number of amides is 1. The number of benzene rings is 1. The van der Waals surface area contributed by atoms with Crippen molar-refractivity contribution in [3.63, 3.8) is 0 Å². The number of likely N-dealkylation sites (tertiary alicyclic amines) is 1. The maximum absolute atomic E-state index is 13.0. The maximum atomic E-state index is 13.0. The molecule has 202 valence electrons. The van der Waals surface area contributed by atoms with Gasteiger partial charge in [-0.15, -0.1) is 0 Å². The Hall–Kier alpha value is -3.63. The summed E-state index contributed by atoms with van der Waals surface area (Å²) in [4.78, 5) is 30.7. The van der Waals surface area contributed by atoms with Gasteiger partial charge in [-0.05, 0) is 51.8 Å². The molecule has 1 aliphatic heterocycles. The molecule has 1 aromatic carbocycles. The van der Waals surface area contributed by atoms with Gasteiger partial charge in [0.25, 0.3) is 0 Å². The number of pyridine rings is 1. The average molecular weight is 531 g/mol. The number of hydrogen-bond donors (Lipinski definition) is 0. The molecule has 1 amide bonds. The fraction of sp³-hybridized carbons (Fsp3) is 0.481. The van der Waals surface area contributed by atoms with Gasteiger partial charge >= 0.3 is 12.3 Å². The first-order chi connectivity index (χ1) is 17.8. The number of carbonyl (C=O) groups is 2. The van der Waals surface area contributed by atoms with Gasteiger partial charge in [0.2, 0.25) is 0 Å². The number of hydrogen-bond acceptors (Lipinski definition) is 6. The van der Waals surface area contributed by atoms with E-state index in [-0.39, 0.29) is 36.2 Å². The minimum absolute atomic E-state index is 0.0924. The first-order valence-electron chi connectivity index (χ1n) is 12.5. The van der Waals surface area contributed by atoms with E-state index < -0.39 is 23.3 Å². The van der Waals surface area contributed by atoms with Gasteiger partial charge in [0.1, 0.15) is 22.7 Å². The lowest BCUT2D eigenvalue weighted by Crippen LogP contribution is -2.43. The normalized spacial score (nSPS) is 21.2. The molecule has 1 aliphatic carbocycles. The van der Waals surface area contributed by atoms with E-state index >= 15 is 0 Å². The standard InChI is InChI=1S/C27H29F3N4O4/c1-26(2,3)38-25(36)33-13-17-9-18(33)11-21(17)34-14-16-8-15(23(37-4)12-20(16)32-34)10-22(35)19-6-5-7-24(31-19)27(28,29)30/h5-8,12,14,17-18,21H,9-11,13H2,1-4H3/t17-,18-,21-/m0/s1. The van der Waals surface area contributed by atoms with Gasteiger partial charge in [-0.25, -0.2) is 9.78 Å². The number of alkyl halides is 3. The third-order valence-corrected chi connectivity index (χ3v) is 7.07. The number of ether oxygens (including phenoxy) is 2. The third-order valence-electron chi connectivity index (χ3n) is 7.07. The SMILES string of the molecule is COc1cc2nn([C@H]3C[C@@H]4C[C@H]3CN4C(=O)OC(C)(C)C)cc2cc1CC(=O)c1cccc(C(F)(F)F)n1. The summed E-state index contributed by atoms with van der Waals surface area (Å²) in [5.74, 6) is 0.125. The highest BCUT2D eigenvalue weighted by atomic mass is 19.4. The Balaban J connectivity index is 1.34. The molecule has 3 atom stereocenters. The Morgan fingerprint density at radius 3 is 2.53 bits per heavy atom. The number of halogens is 3. The predicted molar refractivity (Wildman–Crippen MR) is 132 cm³/mol. The number of methoxy groups -OCH3 is 1. The number of aromatic nitrogens is 3. The summed E-state index contributed by atoms with van der Waals surface area (Å²) in [5, 5.41) is 5.54. The zero-order valence-corrected chi connectivity index (χ0v) is 21.6. The van der Waals surface area contributed by atoms with Crippen molar-refractivity contribution in [2.45, 2.75) is 63.9 Å². The molecule has 5 rings (SSSR count). The van der Waals surface area contributed by atoms with Crippen LogP contribution in [0.2, 0.25) is 0 Å². The molecule has 2 fully saturated rings. The third kappa shape index (κ3) is 5.06. The Labute approximate surface area is 217 Å². The summed E-state index contributed by atoms with van der Waals surface area (Å²) in [6, 6.07) is 7.01. The number of ketones is 1. The van der Waals surface area contributed by atoms with Crippen LogP contribution in [0.4, 0.5) is 18.0 Å². The largest absolute Gasteiger partial charge is 0.496 e. The second kappa shape index (κ2) is 9.28. The molecule has 3 aromatic rings. The molecule has 0 N–H and O–H groups in total. The molecule has 1 saturated carbocycles. The van der Waals surface area contributed by atoms with Crippen LogP contribution in [-0.4, -0.2) is 56.8 Å². The summed E-state index contributed by atoms with van der Waals surface area (Å²) in [6.45, 7) is 6.16. The second-order valence-electron chi connectivity index (χ2n) is 10.9. The predicted octanol–water partition coefficient (Wildman–Crippen LogP) is 5.45. The minimum Gasteiger partial charge on any atom is -0.496 e. The summed E-state index contributed by atoms with van der Waals surface area (Å²) >= 11 is 0. The van der Waals surface area contributed by atoms with Crippen molar-refractivity contribution in [1.82, 2.24) is 19.7 Å². The zero-order chi connectivity index (χ0) is 27.4. The van der Waals surface area contributed by atoms with Crippen molar-refractivity contribution in [3.8, 4) is 5.75 Å². The van der Waals surface area contributed by atoms with Gasteiger partial charge < -0.3 is 14.4 Å². The van der Waals surface area contributed by atoms with E-state index in [0.29, 0.717) is 23.4 Å². The van der Waals surface area contributed by atoms with Gasteiger partial charge in [0, 0.05) is 48.1 Å². The Morgan fingerprint density at radius 2 is 1.89 bits per heavy atom. The molecule has 8 nitrogen and oxygen atoms in total. The van der Waals surface area contributed by atoms with Crippen LogP contribution in [0.15, 0.2) is 36.5 Å². The molecule has 2 aliphatic rings. The molecule has 38 heavy (non-hydrogen) atoms. The van der Waals surface area contributed by atoms with Crippen molar-refractivity contribution >= 4 is 22.8 Å². The van der Waals surface area contributed by atoms with E-state index in [2.05, 4.69) is 4.98 Å². The number of fused-ring (bicyclic) bond motifs is 3. The molecule has 0 unspecified atom stereocenters. The first-order valence-corrected chi connectivity index (χ1v) is 12.5. The van der Waals surface area contributed by atoms with Crippen LogP contribution < -0.4 is 4.74 Å². The van der Waals surface area contributed by atoms with Crippen molar-refractivity contribution in [2.24, 2.45) is 5.92 Å². The van der Waals surface area contributed by atoms with Gasteiger partial charge in [-0.1, -0.05) is 6.07 Å². The number of piperidine rings is 1. The Morgan fingerprint density at radius 1 is 1.13 bits per heavy atom. The highest BCUT2D eigenvalue weighted by molar-refractivity contribution is 5.97. The van der Waals surface area contributed by atoms with Crippen molar-refractivity contribution < 1.29 is 32.2 Å². The maximum Gasteiger partial charge on any atom is 0.433 e. The molecular weight excluding hydrogens is 501 g/mol. The molecular formula is C27H29F3N4O4. The fourth-order valence-electron chi connectivity index (χ4n) is 5.42. The first kappa shape index (κ1) is 26.0. The number of nitrogens with zero attached hydrogens (tertiary/aromatic N) is 4. The highest BCUT2D eigenvalue weighted by Crippen LogP contribution is 2.45. The van der Waals surface area contributed by atoms with Crippen LogP contribution in [-0.2, 0) is 17.3 Å². The van der Waals surface area contributed by atoms with Crippen molar-refractivity contribution in [1.29, 1.82) is 0 Å². The fourth-order valence-corrected chi connectivity index (χ4v) is 5.42. The zero-order valence-electron chi connectivity index (χ0n) is 21.6. The lowest BCUT2D eigenvalue weighted by molar-refractivity contribution is -0.141. The van der Waals surface area contributed by atoms with Crippen LogP contribution >= 0.6 is 0 Å². The van der Waals surface area contributed by atoms with E-state index in [1.165, 1.54) is 19.2 Å². The molecule has 0 spiro atoms. The van der Waals surface area contributed by atoms with E-state index in [4.69, 9.17) is 14.6 Å². The minimum atomic E-state index is -4.63. The Kier molecular flexibility index (Phi) is 6.35. The van der Waals surface area contributed by atoms with E-state index in [0.717, 1.165) is 24.3 Å². The van der Waals surface area contributed by atoms with E-state index in [9.17, 15) is 22.8 Å². The van der Waals surface area contributed by atoms with Gasteiger partial charge in [-0.3, -0.25) is 9.48 Å². The molecule has 2 bridgehead atoms. The van der Waals surface area contributed by atoms with Crippen LogP contribution in [0.1, 0.15) is 61.4 Å². The lowest BCUT2D eigenvalue weighted by Gasteiger charge is -2.33. The van der Waals surface area contributed by atoms with Gasteiger partial charge in [0.05, 0.1) is 18.7 Å². The summed E-state index contributed by atoms with van der Waals surface area (Å²) in [6.07, 6.45) is -1.53. The van der Waals surface area contributed by atoms with Crippen LogP contribution in [0.3, 0.4) is 0 Å². The molecule has 0 radical (unpaired) electrons. The summed E-state index contributed by atoms with van der Waals surface area (Å²) in [7, 11) is 1.47. The van der Waals surface area contributed by atoms with E-state index in [1.54, 1.807) is 12.1 Å². The quantitative estimate of drug-likeness (QED) is 0.408. The topological polar surface area (TPSA) is 86.5 Å². The lowest BCUT2D eigenvalue weighted by atomic mass is 10.0. The number of Topliss-reactive ketones (excluding diaryl/α,β-unsaturated/α-hetero) is 1. The van der Waals surface area contributed by atoms with Crippen LogP contribution in [0.5, 0.6) is 5.75 Å². The van der Waals surface area contributed by atoms with Crippen LogP contribution in [0.25, 0.3) is 10.9 Å². The highest BCUT2D eigenvalue weighted by Gasteiger charge is 2.48. The number of carbonyl (C=O) groups excluding carboxylic acids is 2. The molecule has 3 heterocycles. The van der Waals surface area contributed by atoms with E-state index in [1.807, 2.05) is 36.5 Å². The van der Waals surface area contributed by atoms with Gasteiger partial charge in [0.15, 0.2) is 5.78 Å². The van der Waals surface area contributed by atoms with Gasteiger partial charge in [-0.2, -0.15) is 18.3 Å². The monoisotopic (exact) mass is 530 g/mol. The van der Waals surface area contributed by atoms with Crippen molar-refractivity contribution in [3.05, 3.63) is 53.5 Å². The number of rotatable bonds is 5. The summed E-state index contributed by atoms with van der Waals surface area (Å²) in [5.41, 5.74) is -0.694. The average Bonchev–Trinajstić information content (AvgIpc) is 3.55. The molecule has 1 saturated heterocycles. The van der Waals surface area contributed by atoms with Crippen molar-refractivity contribution in [2.75, 3.05) is 13.7 Å². The smallest absolute Gasteiger partial charge is 0.433 e. The second-order valence-corrected chi connectivity index (χ2v) is 10.9. The van der Waals surface area contributed by atoms with Crippen LogP contribution in [0, 0.1) is 5.92 Å². The molecule has 2 aromatic heterocycles. The summed E-state index contributed by atoms with van der Waals surface area (Å²) < 4.78 is 52.0.